The summed E-state index contributed by atoms with van der Waals surface area (Å²) in [5.41, 5.74) is 2.20. The SMILES string of the molecule is C[N+](C)(CCCNC(=O)Cc1ccccc1)Cc1ccc(Cl)c(Cl)c1. The predicted molar refractivity (Wildman–Crippen MR) is 105 cm³/mol. The first-order valence-electron chi connectivity index (χ1n) is 8.42. The number of carbonyl (C=O) groups is 1. The molecule has 0 fully saturated rings. The van der Waals surface area contributed by atoms with Crippen molar-refractivity contribution in [2.75, 3.05) is 27.2 Å². The Kier molecular flexibility index (Phi) is 7.30. The standard InChI is InChI=1S/C20H24Cl2N2O/c1-24(2,15-17-9-10-18(21)19(22)13-17)12-6-11-23-20(25)14-16-7-4-3-5-8-16/h3-5,7-10,13H,6,11-12,14-15H2,1-2H3/p+1. The lowest BCUT2D eigenvalue weighted by molar-refractivity contribution is -0.903. The Morgan fingerprint density at radius 3 is 2.40 bits per heavy atom. The Morgan fingerprint density at radius 1 is 1.00 bits per heavy atom. The van der Waals surface area contributed by atoms with Crippen molar-refractivity contribution in [3.8, 4) is 0 Å². The van der Waals surface area contributed by atoms with Gasteiger partial charge in [0, 0.05) is 18.5 Å². The van der Waals surface area contributed by atoms with Crippen LogP contribution in [0.15, 0.2) is 48.5 Å². The van der Waals surface area contributed by atoms with Crippen molar-refractivity contribution < 1.29 is 9.28 Å². The molecule has 0 aliphatic rings. The fourth-order valence-corrected chi connectivity index (χ4v) is 3.11. The summed E-state index contributed by atoms with van der Waals surface area (Å²) < 4.78 is 0.826. The van der Waals surface area contributed by atoms with Crippen molar-refractivity contribution in [2.45, 2.75) is 19.4 Å². The summed E-state index contributed by atoms with van der Waals surface area (Å²) >= 11 is 12.0. The molecule has 0 saturated carbocycles. The summed E-state index contributed by atoms with van der Waals surface area (Å²) in [5, 5.41) is 4.17. The van der Waals surface area contributed by atoms with Crippen LogP contribution in [-0.2, 0) is 17.8 Å². The minimum absolute atomic E-state index is 0.0704. The lowest BCUT2D eigenvalue weighted by Gasteiger charge is -2.30. The van der Waals surface area contributed by atoms with E-state index in [1.54, 1.807) is 0 Å². The maximum absolute atomic E-state index is 12.0. The van der Waals surface area contributed by atoms with E-state index in [-0.39, 0.29) is 5.91 Å². The second-order valence-corrected chi connectivity index (χ2v) is 7.75. The molecule has 0 aliphatic carbocycles. The van der Waals surface area contributed by atoms with E-state index in [0.29, 0.717) is 23.0 Å². The number of nitrogens with zero attached hydrogens (tertiary/aromatic N) is 1. The van der Waals surface area contributed by atoms with E-state index in [1.807, 2.05) is 48.5 Å². The fourth-order valence-electron chi connectivity index (χ4n) is 2.79. The smallest absolute Gasteiger partial charge is 0.224 e. The van der Waals surface area contributed by atoms with Crippen molar-refractivity contribution in [1.82, 2.24) is 5.32 Å². The van der Waals surface area contributed by atoms with Gasteiger partial charge in [-0.2, -0.15) is 0 Å². The number of rotatable bonds is 8. The molecule has 3 nitrogen and oxygen atoms in total. The van der Waals surface area contributed by atoms with Gasteiger partial charge in [0.2, 0.25) is 5.91 Å². The van der Waals surface area contributed by atoms with Crippen LogP contribution < -0.4 is 5.32 Å². The number of carbonyl (C=O) groups excluding carboxylic acids is 1. The number of quaternary nitrogens is 1. The van der Waals surface area contributed by atoms with E-state index in [4.69, 9.17) is 23.2 Å². The molecule has 2 aromatic carbocycles. The Hall–Kier alpha value is -1.55. The summed E-state index contributed by atoms with van der Waals surface area (Å²) in [4.78, 5) is 12.0. The lowest BCUT2D eigenvalue weighted by atomic mass is 10.1. The van der Waals surface area contributed by atoms with Gasteiger partial charge in [-0.05, 0) is 17.7 Å². The second-order valence-electron chi connectivity index (χ2n) is 6.93. The number of nitrogens with one attached hydrogen (secondary N) is 1. The van der Waals surface area contributed by atoms with Gasteiger partial charge in [-0.15, -0.1) is 0 Å². The average molecular weight is 380 g/mol. The maximum atomic E-state index is 12.0. The van der Waals surface area contributed by atoms with Crippen LogP contribution in [0.2, 0.25) is 10.0 Å². The van der Waals surface area contributed by atoms with E-state index in [2.05, 4.69) is 19.4 Å². The van der Waals surface area contributed by atoms with E-state index in [0.717, 1.165) is 35.1 Å². The number of hydrogen-bond acceptors (Lipinski definition) is 1. The third-order valence-electron chi connectivity index (χ3n) is 4.06. The zero-order valence-corrected chi connectivity index (χ0v) is 16.3. The van der Waals surface area contributed by atoms with Gasteiger partial charge in [-0.1, -0.05) is 59.6 Å². The van der Waals surface area contributed by atoms with E-state index >= 15 is 0 Å². The van der Waals surface area contributed by atoms with Gasteiger partial charge >= 0.3 is 0 Å². The maximum Gasteiger partial charge on any atom is 0.224 e. The molecule has 0 unspecified atom stereocenters. The predicted octanol–water partition coefficient (Wildman–Crippen LogP) is 4.32. The third-order valence-corrected chi connectivity index (χ3v) is 4.80. The second kappa shape index (κ2) is 9.23. The summed E-state index contributed by atoms with van der Waals surface area (Å²) in [6, 6.07) is 15.6. The molecule has 2 rings (SSSR count). The van der Waals surface area contributed by atoms with Crippen LogP contribution in [0, 0.1) is 0 Å². The van der Waals surface area contributed by atoms with Gasteiger partial charge in [0.05, 0.1) is 37.1 Å². The highest BCUT2D eigenvalue weighted by Crippen LogP contribution is 2.24. The molecule has 5 heteroatoms. The minimum atomic E-state index is 0.0704. The average Bonchev–Trinajstić information content (AvgIpc) is 2.56. The Balaban J connectivity index is 1.72. The van der Waals surface area contributed by atoms with E-state index in [9.17, 15) is 4.79 Å². The first-order chi connectivity index (χ1) is 11.9. The fraction of sp³-hybridized carbons (Fsp3) is 0.350. The Bertz CT molecular complexity index is 702. The number of halogens is 2. The molecular formula is C20H25Cl2N2O+. The zero-order valence-electron chi connectivity index (χ0n) is 14.8. The molecule has 0 aromatic heterocycles. The summed E-state index contributed by atoms with van der Waals surface area (Å²) in [5.74, 6) is 0.0704. The number of hydrogen-bond donors (Lipinski definition) is 1. The molecule has 0 bridgehead atoms. The van der Waals surface area contributed by atoms with Crippen molar-refractivity contribution in [3.63, 3.8) is 0 Å². The quantitative estimate of drug-likeness (QED) is 0.536. The van der Waals surface area contributed by atoms with Crippen LogP contribution in [0.4, 0.5) is 0 Å². The van der Waals surface area contributed by atoms with Gasteiger partial charge in [0.25, 0.3) is 0 Å². The molecule has 0 heterocycles. The van der Waals surface area contributed by atoms with Gasteiger partial charge in [-0.25, -0.2) is 0 Å². The summed E-state index contributed by atoms with van der Waals surface area (Å²) in [7, 11) is 4.35. The molecule has 0 spiro atoms. The van der Waals surface area contributed by atoms with Gasteiger partial charge in [0.15, 0.2) is 0 Å². The van der Waals surface area contributed by atoms with Crippen LogP contribution in [0.3, 0.4) is 0 Å². The lowest BCUT2D eigenvalue weighted by Crippen LogP contribution is -2.41. The molecule has 134 valence electrons. The summed E-state index contributed by atoms with van der Waals surface area (Å²) in [6.45, 7) is 2.52. The highest BCUT2D eigenvalue weighted by molar-refractivity contribution is 6.42. The summed E-state index contributed by atoms with van der Waals surface area (Å²) in [6.07, 6.45) is 1.36. The number of benzene rings is 2. The van der Waals surface area contributed by atoms with Crippen molar-refractivity contribution in [2.24, 2.45) is 0 Å². The largest absolute Gasteiger partial charge is 0.356 e. The highest BCUT2D eigenvalue weighted by atomic mass is 35.5. The van der Waals surface area contributed by atoms with Crippen molar-refractivity contribution in [1.29, 1.82) is 0 Å². The van der Waals surface area contributed by atoms with Crippen LogP contribution in [-0.4, -0.2) is 37.6 Å². The first kappa shape index (κ1) is 19.8. The minimum Gasteiger partial charge on any atom is -0.356 e. The molecule has 0 atom stereocenters. The molecule has 0 saturated heterocycles. The normalized spacial score (nSPS) is 11.4. The first-order valence-corrected chi connectivity index (χ1v) is 9.18. The van der Waals surface area contributed by atoms with Crippen molar-refractivity contribution >= 4 is 29.1 Å². The van der Waals surface area contributed by atoms with Crippen LogP contribution in [0.25, 0.3) is 0 Å². The molecule has 25 heavy (non-hydrogen) atoms. The molecule has 2 aromatic rings. The van der Waals surface area contributed by atoms with Gasteiger partial charge in [0.1, 0.15) is 6.54 Å². The Morgan fingerprint density at radius 2 is 1.72 bits per heavy atom. The molecule has 0 aliphatic heterocycles. The molecule has 0 radical (unpaired) electrons. The van der Waals surface area contributed by atoms with Crippen LogP contribution in [0.5, 0.6) is 0 Å². The Labute approximate surface area is 160 Å². The zero-order chi connectivity index (χ0) is 18.3. The number of amides is 1. The highest BCUT2D eigenvalue weighted by Gasteiger charge is 2.16. The molecule has 1 N–H and O–H groups in total. The molecular weight excluding hydrogens is 355 g/mol. The topological polar surface area (TPSA) is 29.1 Å². The van der Waals surface area contributed by atoms with E-state index < -0.39 is 0 Å². The molecule has 1 amide bonds. The monoisotopic (exact) mass is 379 g/mol. The van der Waals surface area contributed by atoms with Crippen LogP contribution >= 0.6 is 23.2 Å². The van der Waals surface area contributed by atoms with Gasteiger partial charge < -0.3 is 9.80 Å². The van der Waals surface area contributed by atoms with Gasteiger partial charge in [-0.3, -0.25) is 4.79 Å². The van der Waals surface area contributed by atoms with Crippen molar-refractivity contribution in [3.05, 3.63) is 69.7 Å². The van der Waals surface area contributed by atoms with E-state index in [1.165, 1.54) is 0 Å². The van der Waals surface area contributed by atoms with Crippen LogP contribution in [0.1, 0.15) is 17.5 Å². The third kappa shape index (κ3) is 7.07.